The lowest BCUT2D eigenvalue weighted by atomic mass is 9.76. The van der Waals surface area contributed by atoms with Gasteiger partial charge < -0.3 is 11.1 Å². The summed E-state index contributed by atoms with van der Waals surface area (Å²) in [6, 6.07) is 7.71. The van der Waals surface area contributed by atoms with E-state index in [1.165, 1.54) is 38.2 Å². The smallest absolute Gasteiger partial charge is 0.189 e. The molecule has 0 aromatic heterocycles. The topological polar surface area (TPSA) is 50.4 Å². The summed E-state index contributed by atoms with van der Waals surface area (Å²) in [5, 5.41) is 3.31. The van der Waals surface area contributed by atoms with E-state index in [2.05, 4.69) is 10.3 Å². The molecule has 2 fully saturated rings. The molecule has 22 heavy (non-hydrogen) atoms. The second kappa shape index (κ2) is 8.13. The molecule has 0 atom stereocenters. The van der Waals surface area contributed by atoms with Gasteiger partial charge in [0.05, 0.1) is 6.04 Å². The maximum absolute atomic E-state index is 13.2. The van der Waals surface area contributed by atoms with E-state index < -0.39 is 0 Å². The molecule has 1 aromatic carbocycles. The molecule has 3 nitrogen and oxygen atoms in total. The normalized spacial score (nSPS) is 26.0. The van der Waals surface area contributed by atoms with Crippen molar-refractivity contribution in [2.24, 2.45) is 10.7 Å². The Labute approximate surface area is 149 Å². The number of aliphatic imine (C=N–C) groups is 1. The third-order valence-electron chi connectivity index (χ3n) is 4.71. The van der Waals surface area contributed by atoms with Gasteiger partial charge in [-0.2, -0.15) is 0 Å². The third-order valence-corrected chi connectivity index (χ3v) is 4.71. The number of nitrogens with two attached hydrogens (primary N) is 1. The number of rotatable bonds is 3. The van der Waals surface area contributed by atoms with Crippen LogP contribution in [-0.2, 0) is 0 Å². The number of benzene rings is 1. The number of hydrogen-bond donors (Lipinski definition) is 2. The molecule has 0 heterocycles. The summed E-state index contributed by atoms with van der Waals surface area (Å²) in [6.07, 6.45) is 8.21. The summed E-state index contributed by atoms with van der Waals surface area (Å²) in [7, 11) is 0. The van der Waals surface area contributed by atoms with Crippen LogP contribution in [0.4, 0.5) is 4.39 Å². The average molecular weight is 417 g/mol. The van der Waals surface area contributed by atoms with Crippen LogP contribution in [0.15, 0.2) is 29.3 Å². The van der Waals surface area contributed by atoms with E-state index in [1.807, 2.05) is 6.07 Å². The molecule has 0 saturated heterocycles. The minimum atomic E-state index is -0.151. The SMILES string of the molecule is I.NC(=NC1CCCCC1)NC1CC(c2cccc(F)c2)C1. The molecule has 2 aliphatic rings. The first kappa shape index (κ1) is 17.5. The molecule has 0 aliphatic heterocycles. The Bertz CT molecular complexity index is 508. The van der Waals surface area contributed by atoms with Crippen LogP contribution in [0, 0.1) is 5.82 Å². The molecule has 3 rings (SSSR count). The van der Waals surface area contributed by atoms with Crippen molar-refractivity contribution in [1.82, 2.24) is 5.32 Å². The molecule has 5 heteroatoms. The Hall–Kier alpha value is -0.850. The van der Waals surface area contributed by atoms with Gasteiger partial charge in [0.15, 0.2) is 5.96 Å². The fraction of sp³-hybridized carbons (Fsp3) is 0.588. The number of hydrogen-bond acceptors (Lipinski definition) is 1. The van der Waals surface area contributed by atoms with E-state index >= 15 is 0 Å². The van der Waals surface area contributed by atoms with Crippen LogP contribution >= 0.6 is 24.0 Å². The third kappa shape index (κ3) is 4.57. The maximum Gasteiger partial charge on any atom is 0.189 e. The van der Waals surface area contributed by atoms with Gasteiger partial charge in [-0.15, -0.1) is 24.0 Å². The number of nitrogens with zero attached hydrogens (tertiary/aromatic N) is 1. The van der Waals surface area contributed by atoms with Crippen molar-refractivity contribution >= 4 is 29.9 Å². The number of halogens is 2. The van der Waals surface area contributed by atoms with Crippen molar-refractivity contribution in [3.8, 4) is 0 Å². The van der Waals surface area contributed by atoms with Crippen molar-refractivity contribution in [2.45, 2.75) is 62.9 Å². The average Bonchev–Trinajstić information content (AvgIpc) is 2.43. The van der Waals surface area contributed by atoms with E-state index in [1.54, 1.807) is 12.1 Å². The standard InChI is InChI=1S/C17H24FN3.HI/c18-14-6-4-5-12(9-14)13-10-16(11-13)21-17(19)20-15-7-2-1-3-8-15;/h4-6,9,13,15-16H,1-3,7-8,10-11H2,(H3,19,20,21);1H. The van der Waals surface area contributed by atoms with E-state index in [0.29, 0.717) is 24.0 Å². The van der Waals surface area contributed by atoms with Gasteiger partial charge in [0, 0.05) is 6.04 Å². The quantitative estimate of drug-likeness (QED) is 0.445. The van der Waals surface area contributed by atoms with Gasteiger partial charge in [-0.1, -0.05) is 31.4 Å². The second-order valence-corrected chi connectivity index (χ2v) is 6.37. The van der Waals surface area contributed by atoms with Gasteiger partial charge in [-0.05, 0) is 49.3 Å². The van der Waals surface area contributed by atoms with Crippen LogP contribution in [0.1, 0.15) is 56.4 Å². The fourth-order valence-electron chi connectivity index (χ4n) is 3.42. The van der Waals surface area contributed by atoms with E-state index in [4.69, 9.17) is 5.73 Å². The van der Waals surface area contributed by atoms with Crippen LogP contribution < -0.4 is 11.1 Å². The molecule has 0 unspecified atom stereocenters. The highest BCUT2D eigenvalue weighted by Gasteiger charge is 2.30. The van der Waals surface area contributed by atoms with Crippen LogP contribution in [0.2, 0.25) is 0 Å². The zero-order valence-corrected chi connectivity index (χ0v) is 15.1. The first-order valence-electron chi connectivity index (χ1n) is 8.06. The number of guanidine groups is 1. The predicted molar refractivity (Wildman–Crippen MR) is 99.2 cm³/mol. The highest BCUT2D eigenvalue weighted by atomic mass is 127. The lowest BCUT2D eigenvalue weighted by molar-refractivity contribution is 0.322. The van der Waals surface area contributed by atoms with Crippen molar-refractivity contribution in [3.63, 3.8) is 0 Å². The van der Waals surface area contributed by atoms with Gasteiger partial charge in [0.1, 0.15) is 5.82 Å². The second-order valence-electron chi connectivity index (χ2n) is 6.37. The molecule has 0 spiro atoms. The Morgan fingerprint density at radius 3 is 2.59 bits per heavy atom. The fourth-order valence-corrected chi connectivity index (χ4v) is 3.42. The zero-order valence-electron chi connectivity index (χ0n) is 12.8. The van der Waals surface area contributed by atoms with E-state index in [9.17, 15) is 4.39 Å². The van der Waals surface area contributed by atoms with Crippen molar-refractivity contribution in [1.29, 1.82) is 0 Å². The first-order valence-corrected chi connectivity index (χ1v) is 8.06. The molecular weight excluding hydrogens is 392 g/mol. The van der Waals surface area contributed by atoms with Crippen LogP contribution in [0.25, 0.3) is 0 Å². The zero-order chi connectivity index (χ0) is 14.7. The summed E-state index contributed by atoms with van der Waals surface area (Å²) in [4.78, 5) is 4.59. The molecule has 2 aliphatic carbocycles. The summed E-state index contributed by atoms with van der Waals surface area (Å²) < 4.78 is 13.2. The largest absolute Gasteiger partial charge is 0.370 e. The molecule has 0 amide bonds. The van der Waals surface area contributed by atoms with Gasteiger partial charge in [0.2, 0.25) is 0 Å². The minimum absolute atomic E-state index is 0. The predicted octanol–water partition coefficient (Wildman–Crippen LogP) is 3.93. The Morgan fingerprint density at radius 1 is 1.18 bits per heavy atom. The van der Waals surface area contributed by atoms with Crippen LogP contribution in [0.5, 0.6) is 0 Å². The Morgan fingerprint density at radius 2 is 1.91 bits per heavy atom. The molecule has 3 N–H and O–H groups in total. The minimum Gasteiger partial charge on any atom is -0.370 e. The molecule has 2 saturated carbocycles. The van der Waals surface area contributed by atoms with Gasteiger partial charge in [-0.25, -0.2) is 4.39 Å². The first-order chi connectivity index (χ1) is 10.2. The number of nitrogens with one attached hydrogen (secondary N) is 1. The Kier molecular flexibility index (Phi) is 6.47. The molecule has 1 aromatic rings. The maximum atomic E-state index is 13.2. The lowest BCUT2D eigenvalue weighted by Gasteiger charge is -2.36. The molecule has 0 radical (unpaired) electrons. The van der Waals surface area contributed by atoms with Crippen molar-refractivity contribution in [3.05, 3.63) is 35.6 Å². The van der Waals surface area contributed by atoms with E-state index in [-0.39, 0.29) is 29.8 Å². The highest BCUT2D eigenvalue weighted by molar-refractivity contribution is 14.0. The molecule has 0 bridgehead atoms. The molecule has 122 valence electrons. The van der Waals surface area contributed by atoms with Crippen LogP contribution in [0.3, 0.4) is 0 Å². The van der Waals surface area contributed by atoms with Gasteiger partial charge >= 0.3 is 0 Å². The summed E-state index contributed by atoms with van der Waals surface area (Å²) >= 11 is 0. The van der Waals surface area contributed by atoms with Gasteiger partial charge in [-0.3, -0.25) is 4.99 Å². The summed E-state index contributed by atoms with van der Waals surface area (Å²) in [6.45, 7) is 0. The van der Waals surface area contributed by atoms with E-state index in [0.717, 1.165) is 18.4 Å². The van der Waals surface area contributed by atoms with Gasteiger partial charge in [0.25, 0.3) is 0 Å². The Balaban J connectivity index is 0.00000176. The molecular formula is C17H25FIN3. The lowest BCUT2D eigenvalue weighted by Crippen LogP contribution is -2.47. The van der Waals surface area contributed by atoms with Crippen molar-refractivity contribution < 1.29 is 4.39 Å². The highest BCUT2D eigenvalue weighted by Crippen LogP contribution is 2.36. The monoisotopic (exact) mass is 417 g/mol. The van der Waals surface area contributed by atoms with Crippen LogP contribution in [-0.4, -0.2) is 18.0 Å². The summed E-state index contributed by atoms with van der Waals surface area (Å²) in [5.41, 5.74) is 7.10. The van der Waals surface area contributed by atoms with Crippen molar-refractivity contribution in [2.75, 3.05) is 0 Å². The summed E-state index contributed by atoms with van der Waals surface area (Å²) in [5.74, 6) is 0.882.